The molecule has 0 spiro atoms. The number of likely N-dealkylation sites (tertiary alicyclic amines) is 1. The zero-order chi connectivity index (χ0) is 22.4. The summed E-state index contributed by atoms with van der Waals surface area (Å²) in [6, 6.07) is 15.0. The topological polar surface area (TPSA) is 70.1 Å². The van der Waals surface area contributed by atoms with Crippen molar-refractivity contribution in [1.29, 1.82) is 0 Å². The van der Waals surface area contributed by atoms with Crippen LogP contribution in [0.3, 0.4) is 0 Å². The first-order valence-electron chi connectivity index (χ1n) is 10.1. The van der Waals surface area contributed by atoms with Gasteiger partial charge in [0.05, 0.1) is 28.6 Å². The quantitative estimate of drug-likeness (QED) is 0.608. The van der Waals surface area contributed by atoms with Gasteiger partial charge in [-0.05, 0) is 29.7 Å². The van der Waals surface area contributed by atoms with Crippen molar-refractivity contribution in [2.75, 3.05) is 33.3 Å². The van der Waals surface area contributed by atoms with E-state index in [2.05, 4.69) is 4.90 Å². The molecule has 1 saturated heterocycles. The normalized spacial score (nSPS) is 17.5. The fourth-order valence-electron chi connectivity index (χ4n) is 3.78. The smallest absolute Gasteiger partial charge is 0.329 e. The standard InChI is InChI=1S/C23H26Cl2N2O4/c1-26(22(28)12-16-7-8-19(24)20(25)11-16)21(17-5-3-2-4-6-17)14-27-10-9-18(13-27)31-15-23(29)30/h2-8,11,18,21H,9-10,12-15H2,1H3,(H,29,30)/t18-,21+/m0/s1. The van der Waals surface area contributed by atoms with Crippen LogP contribution in [0.25, 0.3) is 0 Å². The van der Waals surface area contributed by atoms with Crippen LogP contribution < -0.4 is 0 Å². The second-order valence-corrected chi connectivity index (χ2v) is 8.55. The third-order valence-electron chi connectivity index (χ3n) is 5.49. The van der Waals surface area contributed by atoms with Crippen LogP contribution in [0.5, 0.6) is 0 Å². The predicted molar refractivity (Wildman–Crippen MR) is 121 cm³/mol. The summed E-state index contributed by atoms with van der Waals surface area (Å²) in [5.74, 6) is -0.988. The Labute approximate surface area is 192 Å². The van der Waals surface area contributed by atoms with Gasteiger partial charge in [0, 0.05) is 26.7 Å². The summed E-state index contributed by atoms with van der Waals surface area (Å²) in [4.78, 5) is 27.8. The van der Waals surface area contributed by atoms with Gasteiger partial charge in [0.1, 0.15) is 6.61 Å². The lowest BCUT2D eigenvalue weighted by Crippen LogP contribution is -2.39. The maximum Gasteiger partial charge on any atom is 0.329 e. The Morgan fingerprint density at radius 1 is 1.19 bits per heavy atom. The van der Waals surface area contributed by atoms with E-state index in [1.54, 1.807) is 17.0 Å². The molecule has 1 amide bonds. The second-order valence-electron chi connectivity index (χ2n) is 7.73. The molecule has 1 aliphatic heterocycles. The summed E-state index contributed by atoms with van der Waals surface area (Å²) >= 11 is 12.1. The number of hydrogen-bond donors (Lipinski definition) is 1. The molecule has 8 heteroatoms. The minimum absolute atomic E-state index is 0.0230. The predicted octanol–water partition coefficient (Wildman–Crippen LogP) is 3.91. The maximum absolute atomic E-state index is 13.1. The molecule has 2 aromatic rings. The lowest BCUT2D eigenvalue weighted by Gasteiger charge is -2.32. The number of benzene rings is 2. The zero-order valence-corrected chi connectivity index (χ0v) is 18.9. The van der Waals surface area contributed by atoms with Gasteiger partial charge >= 0.3 is 5.97 Å². The summed E-state index contributed by atoms with van der Waals surface area (Å²) in [5, 5.41) is 9.71. The molecule has 0 aliphatic carbocycles. The van der Waals surface area contributed by atoms with Crippen LogP contribution in [0.2, 0.25) is 10.0 Å². The Hall–Kier alpha value is -2.12. The lowest BCUT2D eigenvalue weighted by molar-refractivity contribution is -0.144. The van der Waals surface area contributed by atoms with Crippen molar-refractivity contribution in [3.63, 3.8) is 0 Å². The largest absolute Gasteiger partial charge is 0.480 e. The van der Waals surface area contributed by atoms with E-state index in [1.807, 2.05) is 43.4 Å². The summed E-state index contributed by atoms with van der Waals surface area (Å²) < 4.78 is 5.44. The molecular weight excluding hydrogens is 439 g/mol. The molecule has 1 N–H and O–H groups in total. The number of nitrogens with zero attached hydrogens (tertiary/aromatic N) is 2. The average molecular weight is 465 g/mol. The van der Waals surface area contributed by atoms with Gasteiger partial charge in [-0.3, -0.25) is 9.69 Å². The number of carbonyl (C=O) groups is 2. The number of carbonyl (C=O) groups excluding carboxylic acids is 1. The van der Waals surface area contributed by atoms with Crippen LogP contribution in [0, 0.1) is 0 Å². The van der Waals surface area contributed by atoms with E-state index in [1.165, 1.54) is 0 Å². The monoisotopic (exact) mass is 464 g/mol. The summed E-state index contributed by atoms with van der Waals surface area (Å²) in [5.41, 5.74) is 1.85. The molecule has 0 saturated carbocycles. The number of halogens is 2. The van der Waals surface area contributed by atoms with E-state index in [4.69, 9.17) is 33.0 Å². The number of carboxylic acid groups (broad SMARTS) is 1. The number of likely N-dealkylation sites (N-methyl/N-ethyl adjacent to an activating group) is 1. The number of amides is 1. The van der Waals surface area contributed by atoms with Crippen molar-refractivity contribution in [1.82, 2.24) is 9.80 Å². The summed E-state index contributed by atoms with van der Waals surface area (Å²) in [7, 11) is 1.81. The van der Waals surface area contributed by atoms with Gasteiger partial charge in [-0.15, -0.1) is 0 Å². The van der Waals surface area contributed by atoms with Crippen LogP contribution in [-0.4, -0.2) is 66.2 Å². The van der Waals surface area contributed by atoms with Gasteiger partial charge in [-0.2, -0.15) is 0 Å². The van der Waals surface area contributed by atoms with Crippen molar-refractivity contribution < 1.29 is 19.4 Å². The Morgan fingerprint density at radius 2 is 1.94 bits per heavy atom. The van der Waals surface area contributed by atoms with Crippen LogP contribution in [0.4, 0.5) is 0 Å². The Morgan fingerprint density at radius 3 is 2.61 bits per heavy atom. The molecule has 0 aromatic heterocycles. The molecule has 3 rings (SSSR count). The first-order valence-corrected chi connectivity index (χ1v) is 10.9. The molecule has 0 unspecified atom stereocenters. The van der Waals surface area contributed by atoms with Gasteiger partial charge < -0.3 is 14.7 Å². The van der Waals surface area contributed by atoms with E-state index in [0.29, 0.717) is 23.1 Å². The SMILES string of the molecule is CN(C(=O)Cc1ccc(Cl)c(Cl)c1)[C@H](CN1CC[C@H](OCC(=O)O)C1)c1ccccc1. The van der Waals surface area contributed by atoms with Gasteiger partial charge in [0.2, 0.25) is 5.91 Å². The lowest BCUT2D eigenvalue weighted by atomic mass is 10.0. The number of carboxylic acids is 1. The first-order chi connectivity index (χ1) is 14.8. The van der Waals surface area contributed by atoms with Crippen LogP contribution in [0.1, 0.15) is 23.6 Å². The summed E-state index contributed by atoms with van der Waals surface area (Å²) in [6.45, 7) is 1.79. The highest BCUT2D eigenvalue weighted by molar-refractivity contribution is 6.42. The molecule has 1 aliphatic rings. The molecular formula is C23H26Cl2N2O4. The molecule has 166 valence electrons. The van der Waals surface area contributed by atoms with Crippen molar-refractivity contribution in [3.8, 4) is 0 Å². The molecule has 2 atom stereocenters. The number of ether oxygens (including phenoxy) is 1. The number of rotatable bonds is 9. The molecule has 31 heavy (non-hydrogen) atoms. The molecule has 6 nitrogen and oxygen atoms in total. The molecule has 0 radical (unpaired) electrons. The Bertz CT molecular complexity index is 910. The minimum Gasteiger partial charge on any atom is -0.480 e. The van der Waals surface area contributed by atoms with Gasteiger partial charge in [0.15, 0.2) is 0 Å². The number of aliphatic carboxylic acids is 1. The first kappa shape index (κ1) is 23.5. The minimum atomic E-state index is -0.965. The van der Waals surface area contributed by atoms with Crippen molar-refractivity contribution in [2.24, 2.45) is 0 Å². The van der Waals surface area contributed by atoms with E-state index >= 15 is 0 Å². The Balaban J connectivity index is 1.69. The third kappa shape index (κ3) is 6.68. The van der Waals surface area contributed by atoms with Crippen molar-refractivity contribution >= 4 is 35.1 Å². The fourth-order valence-corrected chi connectivity index (χ4v) is 4.10. The van der Waals surface area contributed by atoms with Crippen LogP contribution >= 0.6 is 23.2 Å². The number of hydrogen-bond acceptors (Lipinski definition) is 4. The molecule has 1 heterocycles. The van der Waals surface area contributed by atoms with E-state index in [-0.39, 0.29) is 31.1 Å². The van der Waals surface area contributed by atoms with E-state index in [9.17, 15) is 9.59 Å². The van der Waals surface area contributed by atoms with E-state index in [0.717, 1.165) is 24.1 Å². The molecule has 0 bridgehead atoms. The van der Waals surface area contributed by atoms with Gasteiger partial charge in [0.25, 0.3) is 0 Å². The van der Waals surface area contributed by atoms with Crippen molar-refractivity contribution in [3.05, 3.63) is 69.7 Å². The highest BCUT2D eigenvalue weighted by Crippen LogP contribution is 2.26. The van der Waals surface area contributed by atoms with Crippen LogP contribution in [0.15, 0.2) is 48.5 Å². The highest BCUT2D eigenvalue weighted by atomic mass is 35.5. The third-order valence-corrected chi connectivity index (χ3v) is 6.23. The molecule has 1 fully saturated rings. The highest BCUT2D eigenvalue weighted by Gasteiger charge is 2.29. The van der Waals surface area contributed by atoms with Crippen LogP contribution in [-0.2, 0) is 20.7 Å². The van der Waals surface area contributed by atoms with Gasteiger partial charge in [-0.1, -0.05) is 59.6 Å². The Kier molecular flexibility index (Phi) is 8.32. The van der Waals surface area contributed by atoms with Gasteiger partial charge in [-0.25, -0.2) is 4.79 Å². The maximum atomic E-state index is 13.1. The summed E-state index contributed by atoms with van der Waals surface area (Å²) in [6.07, 6.45) is 0.890. The molecule has 2 aromatic carbocycles. The average Bonchev–Trinajstić information content (AvgIpc) is 3.21. The van der Waals surface area contributed by atoms with Crippen molar-refractivity contribution in [2.45, 2.75) is 25.0 Å². The van der Waals surface area contributed by atoms with E-state index < -0.39 is 5.97 Å². The zero-order valence-electron chi connectivity index (χ0n) is 17.3. The fraction of sp³-hybridized carbons (Fsp3) is 0.391. The second kappa shape index (κ2) is 11.0.